The van der Waals surface area contributed by atoms with Crippen LogP contribution in [0.25, 0.3) is 0 Å². The normalized spacial score (nSPS) is 11.6. The Kier molecular flexibility index (Phi) is 5.29. The summed E-state index contributed by atoms with van der Waals surface area (Å²) in [5, 5.41) is 10.9. The minimum absolute atomic E-state index is 0.188. The van der Waals surface area contributed by atoms with E-state index in [0.717, 1.165) is 12.6 Å². The van der Waals surface area contributed by atoms with E-state index in [0.29, 0.717) is 16.2 Å². The highest BCUT2D eigenvalue weighted by Crippen LogP contribution is 2.36. The molecule has 1 N–H and O–H groups in total. The molecule has 0 unspecified atom stereocenters. The summed E-state index contributed by atoms with van der Waals surface area (Å²) < 4.78 is 40.8. The second-order valence-electron chi connectivity index (χ2n) is 5.62. The van der Waals surface area contributed by atoms with Crippen molar-refractivity contribution in [3.05, 3.63) is 63.0 Å². The average molecular weight is 463 g/mol. The number of carbonyl (C=O) groups is 1. The molecule has 0 atom stereocenters. The van der Waals surface area contributed by atoms with E-state index in [1.807, 2.05) is 6.07 Å². The van der Waals surface area contributed by atoms with Crippen LogP contribution in [-0.4, -0.2) is 25.5 Å². The molecule has 0 fully saturated rings. The number of anilines is 1. The lowest BCUT2D eigenvalue weighted by Gasteiger charge is -2.06. The zero-order chi connectivity index (χ0) is 19.8. The fourth-order valence-electron chi connectivity index (χ4n) is 2.47. The molecule has 0 aliphatic heterocycles. The van der Waals surface area contributed by atoms with Crippen LogP contribution < -0.4 is 5.32 Å². The predicted octanol–water partition coefficient (Wildman–Crippen LogP) is 4.35. The van der Waals surface area contributed by atoms with Gasteiger partial charge in [0.15, 0.2) is 17.2 Å². The van der Waals surface area contributed by atoms with Crippen LogP contribution in [0.15, 0.2) is 41.0 Å². The number of amides is 1. The molecule has 3 rings (SSSR count). The fourth-order valence-corrected chi connectivity index (χ4v) is 3.42. The molecule has 2 heterocycles. The first-order valence-corrected chi connectivity index (χ1v) is 8.71. The minimum atomic E-state index is -4.64. The van der Waals surface area contributed by atoms with E-state index in [9.17, 15) is 18.0 Å². The molecule has 0 aliphatic carbocycles. The van der Waals surface area contributed by atoms with Crippen molar-refractivity contribution < 1.29 is 18.0 Å². The molecule has 0 saturated heterocycles. The number of halogens is 5. The van der Waals surface area contributed by atoms with Gasteiger partial charge in [0.05, 0.1) is 11.0 Å². The van der Waals surface area contributed by atoms with E-state index < -0.39 is 22.3 Å². The smallest absolute Gasteiger partial charge is 0.304 e. The average Bonchev–Trinajstić information content (AvgIpc) is 3.10. The Hall–Kier alpha value is -2.33. The quantitative estimate of drug-likeness (QED) is 0.627. The van der Waals surface area contributed by atoms with Crippen molar-refractivity contribution in [2.24, 2.45) is 7.05 Å². The first kappa shape index (κ1) is 19.4. The molecule has 0 aliphatic rings. The van der Waals surface area contributed by atoms with Crippen LogP contribution in [0.2, 0.25) is 5.02 Å². The van der Waals surface area contributed by atoms with Crippen molar-refractivity contribution in [3.63, 3.8) is 0 Å². The summed E-state index contributed by atoms with van der Waals surface area (Å²) in [6, 6.07) is 8.74. The first-order chi connectivity index (χ1) is 12.6. The molecule has 27 heavy (non-hydrogen) atoms. The Morgan fingerprint density at radius 2 is 2.04 bits per heavy atom. The largest absolute Gasteiger partial charge is 0.434 e. The molecule has 0 spiro atoms. The predicted molar refractivity (Wildman–Crippen MR) is 96.6 cm³/mol. The molecule has 2 aromatic heterocycles. The third-order valence-corrected chi connectivity index (χ3v) is 4.58. The van der Waals surface area contributed by atoms with E-state index in [1.54, 1.807) is 29.1 Å². The van der Waals surface area contributed by atoms with Gasteiger partial charge >= 0.3 is 6.18 Å². The SMILES string of the molecule is Cn1nc(C(=O)Nc2ccn(Cc3cccc(Cl)c3)n2)c(Br)c1C(F)(F)F. The highest BCUT2D eigenvalue weighted by Gasteiger charge is 2.39. The van der Waals surface area contributed by atoms with Gasteiger partial charge in [-0.1, -0.05) is 23.7 Å². The molecule has 1 aromatic carbocycles. The van der Waals surface area contributed by atoms with Crippen LogP contribution in [0.5, 0.6) is 0 Å². The molecule has 3 aromatic rings. The lowest BCUT2D eigenvalue weighted by molar-refractivity contribution is -0.144. The summed E-state index contributed by atoms with van der Waals surface area (Å²) >= 11 is 8.74. The topological polar surface area (TPSA) is 64.7 Å². The standard InChI is InChI=1S/C16H12BrClF3N5O/c1-25-14(16(19,20)21)12(17)13(24-25)15(27)22-11-5-6-26(23-11)8-9-3-2-4-10(18)7-9/h2-7H,8H2,1H3,(H,22,23,27). The lowest BCUT2D eigenvalue weighted by Crippen LogP contribution is -2.14. The molecular weight excluding hydrogens is 451 g/mol. The van der Waals surface area contributed by atoms with Crippen LogP contribution >= 0.6 is 27.5 Å². The second kappa shape index (κ2) is 7.35. The number of alkyl halides is 3. The van der Waals surface area contributed by atoms with Crippen LogP contribution in [0.4, 0.5) is 19.0 Å². The van der Waals surface area contributed by atoms with Crippen LogP contribution in [0, 0.1) is 0 Å². The third-order valence-electron chi connectivity index (χ3n) is 3.59. The van der Waals surface area contributed by atoms with E-state index >= 15 is 0 Å². The maximum absolute atomic E-state index is 13.0. The number of nitrogens with one attached hydrogen (secondary N) is 1. The summed E-state index contributed by atoms with van der Waals surface area (Å²) in [6.45, 7) is 0.419. The van der Waals surface area contributed by atoms with Gasteiger partial charge in [-0.2, -0.15) is 23.4 Å². The number of hydrogen-bond acceptors (Lipinski definition) is 3. The van der Waals surface area contributed by atoms with Crippen LogP contribution in [0.1, 0.15) is 21.7 Å². The molecule has 142 valence electrons. The van der Waals surface area contributed by atoms with Gasteiger partial charge in [0.2, 0.25) is 0 Å². The van der Waals surface area contributed by atoms with E-state index in [-0.39, 0.29) is 11.5 Å². The maximum Gasteiger partial charge on any atom is 0.434 e. The summed E-state index contributed by atoms with van der Waals surface area (Å²) in [5.41, 5.74) is -0.515. The van der Waals surface area contributed by atoms with Gasteiger partial charge in [0.1, 0.15) is 0 Å². The van der Waals surface area contributed by atoms with E-state index in [4.69, 9.17) is 11.6 Å². The van der Waals surface area contributed by atoms with Crippen LogP contribution in [-0.2, 0) is 19.8 Å². The fraction of sp³-hybridized carbons (Fsp3) is 0.188. The highest BCUT2D eigenvalue weighted by atomic mass is 79.9. The number of nitrogens with zero attached hydrogens (tertiary/aromatic N) is 4. The molecule has 11 heteroatoms. The molecule has 1 amide bonds. The van der Waals surface area contributed by atoms with Gasteiger partial charge in [-0.3, -0.25) is 14.2 Å². The zero-order valence-corrected chi connectivity index (χ0v) is 16.1. The van der Waals surface area contributed by atoms with E-state index in [1.165, 1.54) is 6.07 Å². The second-order valence-corrected chi connectivity index (χ2v) is 6.84. The molecule has 0 bridgehead atoms. The zero-order valence-electron chi connectivity index (χ0n) is 13.8. The number of aryl methyl sites for hydroxylation is 1. The maximum atomic E-state index is 13.0. The lowest BCUT2D eigenvalue weighted by atomic mass is 10.2. The van der Waals surface area contributed by atoms with Gasteiger partial charge in [0, 0.05) is 24.3 Å². The van der Waals surface area contributed by atoms with Crippen molar-refractivity contribution in [1.29, 1.82) is 0 Å². The third kappa shape index (κ3) is 4.33. The van der Waals surface area contributed by atoms with Gasteiger partial charge in [-0.05, 0) is 33.6 Å². The molecule has 6 nitrogen and oxygen atoms in total. The monoisotopic (exact) mass is 461 g/mol. The Morgan fingerprint density at radius 1 is 1.30 bits per heavy atom. The van der Waals surface area contributed by atoms with Crippen molar-refractivity contribution in [2.75, 3.05) is 5.32 Å². The van der Waals surface area contributed by atoms with Crippen LogP contribution in [0.3, 0.4) is 0 Å². The Balaban J connectivity index is 1.75. The Labute approximate surface area is 165 Å². The number of hydrogen-bond donors (Lipinski definition) is 1. The molecule has 0 saturated carbocycles. The molecule has 0 radical (unpaired) electrons. The van der Waals surface area contributed by atoms with Gasteiger partial charge in [-0.15, -0.1) is 0 Å². The minimum Gasteiger partial charge on any atom is -0.304 e. The first-order valence-electron chi connectivity index (χ1n) is 7.54. The van der Waals surface area contributed by atoms with Gasteiger partial charge < -0.3 is 5.32 Å². The number of aromatic nitrogens is 4. The summed E-state index contributed by atoms with van der Waals surface area (Å²) in [7, 11) is 1.12. The van der Waals surface area contributed by atoms with Gasteiger partial charge in [0.25, 0.3) is 5.91 Å². The highest BCUT2D eigenvalue weighted by molar-refractivity contribution is 9.10. The Bertz CT molecular complexity index is 998. The van der Waals surface area contributed by atoms with Crippen molar-refractivity contribution >= 4 is 39.3 Å². The molecular formula is C16H12BrClF3N5O. The van der Waals surface area contributed by atoms with E-state index in [2.05, 4.69) is 31.4 Å². The number of carbonyl (C=O) groups excluding carboxylic acids is 1. The van der Waals surface area contributed by atoms with Gasteiger partial charge in [-0.25, -0.2) is 0 Å². The Morgan fingerprint density at radius 3 is 2.67 bits per heavy atom. The van der Waals surface area contributed by atoms with Crippen molar-refractivity contribution in [3.8, 4) is 0 Å². The number of rotatable bonds is 4. The summed E-state index contributed by atoms with van der Waals surface area (Å²) in [4.78, 5) is 12.3. The summed E-state index contributed by atoms with van der Waals surface area (Å²) in [5.74, 6) is -0.617. The van der Waals surface area contributed by atoms with Crippen molar-refractivity contribution in [2.45, 2.75) is 12.7 Å². The number of benzene rings is 1. The summed E-state index contributed by atoms with van der Waals surface area (Å²) in [6.07, 6.45) is -3.01. The van der Waals surface area contributed by atoms with Crippen molar-refractivity contribution in [1.82, 2.24) is 19.6 Å².